The van der Waals surface area contributed by atoms with Crippen LogP contribution in [0.2, 0.25) is 0 Å². The maximum Gasteiger partial charge on any atom is 0.137 e. The van der Waals surface area contributed by atoms with Gasteiger partial charge in [0.2, 0.25) is 0 Å². The number of aromatic nitrogens is 2. The number of nitrogens with two attached hydrogens (primary N) is 1. The second kappa shape index (κ2) is 8.38. The number of nitrogens with zero attached hydrogens (tertiary/aromatic N) is 1. The summed E-state index contributed by atoms with van der Waals surface area (Å²) in [5.74, 6) is 0.535. The van der Waals surface area contributed by atoms with Crippen LogP contribution in [0.15, 0.2) is 78.9 Å². The van der Waals surface area contributed by atoms with Gasteiger partial charge in [0.05, 0.1) is 11.0 Å². The number of rotatable bonds is 7. The molecule has 0 fully saturated rings. The molecule has 0 radical (unpaired) electrons. The van der Waals surface area contributed by atoms with Crippen LogP contribution in [0.5, 0.6) is 0 Å². The van der Waals surface area contributed by atoms with Crippen LogP contribution in [0.1, 0.15) is 35.0 Å². The molecular weight excluding hydrogens is 346 g/mol. The van der Waals surface area contributed by atoms with Crippen molar-refractivity contribution in [2.75, 3.05) is 0 Å². The Balaban J connectivity index is 1.45. The average Bonchev–Trinajstić information content (AvgIpc) is 3.16. The van der Waals surface area contributed by atoms with Crippen molar-refractivity contribution >= 4 is 11.0 Å². The molecule has 0 spiro atoms. The number of aliphatic hydroxyl groups is 1. The van der Waals surface area contributed by atoms with Crippen LogP contribution >= 0.6 is 0 Å². The first-order valence-electron chi connectivity index (χ1n) is 9.69. The molecule has 1 aromatic heterocycles. The van der Waals surface area contributed by atoms with Gasteiger partial charge in [0.1, 0.15) is 11.9 Å². The number of imidazole rings is 1. The molecule has 0 saturated heterocycles. The van der Waals surface area contributed by atoms with Gasteiger partial charge in [0.15, 0.2) is 0 Å². The zero-order valence-corrected chi connectivity index (χ0v) is 15.8. The lowest BCUT2D eigenvalue weighted by atomic mass is 10.0. The van der Waals surface area contributed by atoms with Crippen LogP contribution in [0.25, 0.3) is 11.0 Å². The SMILES string of the molecule is N[C@H](CCc1ccccc1)C(O)c1nc2ccc(Cc3ccccc3)cc2[nH]1. The highest BCUT2D eigenvalue weighted by molar-refractivity contribution is 5.76. The maximum atomic E-state index is 10.7. The lowest BCUT2D eigenvalue weighted by Gasteiger charge is -2.16. The lowest BCUT2D eigenvalue weighted by Crippen LogP contribution is -2.29. The quantitative estimate of drug-likeness (QED) is 0.457. The highest BCUT2D eigenvalue weighted by Crippen LogP contribution is 2.22. The lowest BCUT2D eigenvalue weighted by molar-refractivity contribution is 0.134. The van der Waals surface area contributed by atoms with Crippen LogP contribution in [0.4, 0.5) is 0 Å². The largest absolute Gasteiger partial charge is 0.384 e. The zero-order valence-electron chi connectivity index (χ0n) is 15.8. The van der Waals surface area contributed by atoms with Gasteiger partial charge in [-0.25, -0.2) is 4.98 Å². The summed E-state index contributed by atoms with van der Waals surface area (Å²) in [4.78, 5) is 7.81. The fraction of sp³-hybridized carbons (Fsp3) is 0.208. The summed E-state index contributed by atoms with van der Waals surface area (Å²) >= 11 is 0. The van der Waals surface area contributed by atoms with Crippen LogP contribution in [0, 0.1) is 0 Å². The van der Waals surface area contributed by atoms with E-state index in [1.807, 2.05) is 30.3 Å². The van der Waals surface area contributed by atoms with Gasteiger partial charge in [-0.15, -0.1) is 0 Å². The van der Waals surface area contributed by atoms with Gasteiger partial charge in [0, 0.05) is 6.04 Å². The second-order valence-electron chi connectivity index (χ2n) is 7.27. The average molecular weight is 371 g/mol. The second-order valence-corrected chi connectivity index (χ2v) is 7.27. The number of aromatic amines is 1. The molecule has 142 valence electrons. The molecule has 4 nitrogen and oxygen atoms in total. The monoisotopic (exact) mass is 371 g/mol. The van der Waals surface area contributed by atoms with E-state index in [4.69, 9.17) is 5.73 Å². The third-order valence-corrected chi connectivity index (χ3v) is 5.11. The minimum Gasteiger partial charge on any atom is -0.384 e. The Hall–Kier alpha value is -2.95. The number of hydrogen-bond donors (Lipinski definition) is 3. The Morgan fingerprint density at radius 2 is 1.54 bits per heavy atom. The number of H-pyrrole nitrogens is 1. The van der Waals surface area contributed by atoms with Gasteiger partial charge in [-0.1, -0.05) is 66.7 Å². The number of aliphatic hydroxyl groups excluding tert-OH is 1. The molecule has 0 aliphatic carbocycles. The molecule has 4 heteroatoms. The summed E-state index contributed by atoms with van der Waals surface area (Å²) in [6.45, 7) is 0. The first kappa shape index (κ1) is 18.4. The Kier molecular flexibility index (Phi) is 5.51. The van der Waals surface area contributed by atoms with Crippen LogP contribution in [0.3, 0.4) is 0 Å². The van der Waals surface area contributed by atoms with E-state index in [0.717, 1.165) is 23.9 Å². The van der Waals surface area contributed by atoms with Crippen molar-refractivity contribution in [1.82, 2.24) is 9.97 Å². The molecular formula is C24H25N3O. The predicted octanol–water partition coefficient (Wildman–Crippen LogP) is 4.15. The van der Waals surface area contributed by atoms with Gasteiger partial charge >= 0.3 is 0 Å². The molecule has 2 atom stereocenters. The van der Waals surface area contributed by atoms with E-state index in [0.29, 0.717) is 12.2 Å². The van der Waals surface area contributed by atoms with Crippen molar-refractivity contribution < 1.29 is 5.11 Å². The fourth-order valence-corrected chi connectivity index (χ4v) is 3.50. The van der Waals surface area contributed by atoms with Crippen molar-refractivity contribution in [1.29, 1.82) is 0 Å². The van der Waals surface area contributed by atoms with Gasteiger partial charge in [0.25, 0.3) is 0 Å². The molecule has 0 aliphatic rings. The number of aryl methyl sites for hydroxylation is 1. The first-order valence-corrected chi connectivity index (χ1v) is 9.69. The van der Waals surface area contributed by atoms with Crippen LogP contribution in [-0.2, 0) is 12.8 Å². The smallest absolute Gasteiger partial charge is 0.137 e. The topological polar surface area (TPSA) is 74.9 Å². The molecule has 1 unspecified atom stereocenters. The van der Waals surface area contributed by atoms with Crippen LogP contribution < -0.4 is 5.73 Å². The van der Waals surface area contributed by atoms with E-state index in [1.54, 1.807) is 0 Å². The molecule has 4 N–H and O–H groups in total. The molecule has 3 aromatic carbocycles. The fourth-order valence-electron chi connectivity index (χ4n) is 3.50. The Morgan fingerprint density at radius 3 is 2.25 bits per heavy atom. The third-order valence-electron chi connectivity index (χ3n) is 5.11. The molecule has 0 aliphatic heterocycles. The minimum atomic E-state index is -0.811. The van der Waals surface area contributed by atoms with E-state index in [-0.39, 0.29) is 6.04 Å². The minimum absolute atomic E-state index is 0.371. The summed E-state index contributed by atoms with van der Waals surface area (Å²) in [6, 6.07) is 26.4. The predicted molar refractivity (Wildman–Crippen MR) is 113 cm³/mol. The number of benzene rings is 3. The molecule has 4 aromatic rings. The zero-order chi connectivity index (χ0) is 19.3. The van der Waals surface area contributed by atoms with E-state index in [1.165, 1.54) is 16.7 Å². The van der Waals surface area contributed by atoms with E-state index >= 15 is 0 Å². The highest BCUT2D eigenvalue weighted by atomic mass is 16.3. The molecule has 0 amide bonds. The molecule has 1 heterocycles. The Labute approximate surface area is 165 Å². The van der Waals surface area contributed by atoms with Crippen LogP contribution in [-0.4, -0.2) is 21.1 Å². The number of hydrogen-bond acceptors (Lipinski definition) is 3. The summed E-state index contributed by atoms with van der Waals surface area (Å²) in [5, 5.41) is 10.7. The molecule has 4 rings (SSSR count). The van der Waals surface area contributed by atoms with Crippen molar-refractivity contribution in [3.63, 3.8) is 0 Å². The van der Waals surface area contributed by atoms with E-state index in [2.05, 4.69) is 58.5 Å². The van der Waals surface area contributed by atoms with Gasteiger partial charge in [-0.2, -0.15) is 0 Å². The van der Waals surface area contributed by atoms with Crippen molar-refractivity contribution in [2.45, 2.75) is 31.4 Å². The van der Waals surface area contributed by atoms with Crippen molar-refractivity contribution in [3.05, 3.63) is 101 Å². The standard InChI is InChI=1S/C24H25N3O/c25-20(13-11-17-7-3-1-4-8-17)23(28)24-26-21-14-12-19(16-22(21)27-24)15-18-9-5-2-6-10-18/h1-10,12,14,16,20,23,28H,11,13,15,25H2,(H,26,27)/t20-,23?/m1/s1. The van der Waals surface area contributed by atoms with Gasteiger partial charge in [-0.3, -0.25) is 0 Å². The van der Waals surface area contributed by atoms with Crippen molar-refractivity contribution in [3.8, 4) is 0 Å². The van der Waals surface area contributed by atoms with Gasteiger partial charge < -0.3 is 15.8 Å². The summed E-state index contributed by atoms with van der Waals surface area (Å²) in [6.07, 6.45) is 1.58. The number of nitrogens with one attached hydrogen (secondary N) is 1. The molecule has 28 heavy (non-hydrogen) atoms. The first-order chi connectivity index (χ1) is 13.7. The Bertz CT molecular complexity index is 1030. The summed E-state index contributed by atoms with van der Waals surface area (Å²) in [7, 11) is 0. The molecule has 0 bridgehead atoms. The van der Waals surface area contributed by atoms with E-state index < -0.39 is 6.10 Å². The maximum absolute atomic E-state index is 10.7. The summed E-state index contributed by atoms with van der Waals surface area (Å²) in [5.41, 5.74) is 11.7. The Morgan fingerprint density at radius 1 is 0.857 bits per heavy atom. The highest BCUT2D eigenvalue weighted by Gasteiger charge is 2.20. The van der Waals surface area contributed by atoms with Gasteiger partial charge in [-0.05, 0) is 48.1 Å². The third kappa shape index (κ3) is 4.30. The summed E-state index contributed by atoms with van der Waals surface area (Å²) < 4.78 is 0. The molecule has 0 saturated carbocycles. The normalized spacial score (nSPS) is 13.5. The van der Waals surface area contributed by atoms with E-state index in [9.17, 15) is 5.11 Å². The number of fused-ring (bicyclic) bond motifs is 1. The van der Waals surface area contributed by atoms with Crippen molar-refractivity contribution in [2.24, 2.45) is 5.73 Å².